The molecule has 0 saturated carbocycles. The van der Waals surface area contributed by atoms with E-state index in [0.717, 1.165) is 6.07 Å². The van der Waals surface area contributed by atoms with Gasteiger partial charge in [-0.3, -0.25) is 9.78 Å². The molecule has 2 nitrogen and oxygen atoms in total. The zero-order valence-electron chi connectivity index (χ0n) is 9.78. The van der Waals surface area contributed by atoms with Gasteiger partial charge in [0.05, 0.1) is 0 Å². The van der Waals surface area contributed by atoms with Crippen molar-refractivity contribution < 1.29 is 13.6 Å². The Bertz CT molecular complexity index is 596. The van der Waals surface area contributed by atoms with Gasteiger partial charge in [-0.2, -0.15) is 0 Å². The van der Waals surface area contributed by atoms with Gasteiger partial charge in [0, 0.05) is 23.9 Å². The summed E-state index contributed by atoms with van der Waals surface area (Å²) in [4.78, 5) is 16.0. The fraction of sp³-hybridized carbons (Fsp3) is 0.143. The van der Waals surface area contributed by atoms with Crippen LogP contribution in [0.3, 0.4) is 0 Å². The Morgan fingerprint density at radius 1 is 1.22 bits per heavy atom. The molecule has 0 atom stereocenters. The highest BCUT2D eigenvalue weighted by Gasteiger charge is 2.14. The van der Waals surface area contributed by atoms with Gasteiger partial charge in [-0.1, -0.05) is 12.1 Å². The lowest BCUT2D eigenvalue weighted by molar-refractivity contribution is 0.0990. The first-order valence-corrected chi connectivity index (χ1v) is 5.47. The Labute approximate surface area is 103 Å². The first kappa shape index (κ1) is 12.4. The van der Waals surface area contributed by atoms with Gasteiger partial charge in [-0.25, -0.2) is 8.78 Å². The Morgan fingerprint density at radius 2 is 2.00 bits per heavy atom. The number of rotatable bonds is 3. The molecule has 92 valence electrons. The van der Waals surface area contributed by atoms with Crippen molar-refractivity contribution in [3.63, 3.8) is 0 Å². The third-order valence-electron chi connectivity index (χ3n) is 2.69. The highest BCUT2D eigenvalue weighted by atomic mass is 19.2. The minimum Gasteiger partial charge on any atom is -0.294 e. The van der Waals surface area contributed by atoms with E-state index in [-0.39, 0.29) is 17.8 Å². The van der Waals surface area contributed by atoms with Crippen molar-refractivity contribution in [1.82, 2.24) is 4.98 Å². The van der Waals surface area contributed by atoms with Gasteiger partial charge in [-0.05, 0) is 30.7 Å². The van der Waals surface area contributed by atoms with Crippen molar-refractivity contribution >= 4 is 5.78 Å². The fourth-order valence-corrected chi connectivity index (χ4v) is 1.73. The second-order valence-corrected chi connectivity index (χ2v) is 3.95. The standard InChI is InChI=1S/C14H11F2NO/c1-9-11(5-3-7-17-9)13(18)8-10-4-2-6-12(15)14(10)16/h2-7H,8H2,1H3. The molecule has 0 N–H and O–H groups in total. The van der Waals surface area contributed by atoms with Gasteiger partial charge in [0.1, 0.15) is 0 Å². The molecular formula is C14H11F2NO. The zero-order valence-corrected chi connectivity index (χ0v) is 9.78. The SMILES string of the molecule is Cc1ncccc1C(=O)Cc1cccc(F)c1F. The van der Waals surface area contributed by atoms with Crippen molar-refractivity contribution in [3.8, 4) is 0 Å². The molecule has 0 aliphatic carbocycles. The monoisotopic (exact) mass is 247 g/mol. The number of halogens is 2. The molecule has 0 fully saturated rings. The Balaban J connectivity index is 2.27. The molecule has 4 heteroatoms. The number of carbonyl (C=O) groups excluding carboxylic acids is 1. The van der Waals surface area contributed by atoms with E-state index in [0.29, 0.717) is 11.3 Å². The Hall–Kier alpha value is -2.10. The summed E-state index contributed by atoms with van der Waals surface area (Å²) in [5.41, 5.74) is 1.07. The van der Waals surface area contributed by atoms with Gasteiger partial charge in [-0.15, -0.1) is 0 Å². The minimum absolute atomic E-state index is 0.0586. The molecule has 1 heterocycles. The number of benzene rings is 1. The molecule has 0 bridgehead atoms. The van der Waals surface area contributed by atoms with Crippen LogP contribution >= 0.6 is 0 Å². The van der Waals surface area contributed by atoms with Crippen molar-refractivity contribution in [2.75, 3.05) is 0 Å². The quantitative estimate of drug-likeness (QED) is 0.780. The van der Waals surface area contributed by atoms with E-state index >= 15 is 0 Å². The van der Waals surface area contributed by atoms with Gasteiger partial charge in [0.15, 0.2) is 17.4 Å². The van der Waals surface area contributed by atoms with Gasteiger partial charge in [0.2, 0.25) is 0 Å². The normalized spacial score (nSPS) is 10.4. The zero-order chi connectivity index (χ0) is 13.1. The average molecular weight is 247 g/mol. The third-order valence-corrected chi connectivity index (χ3v) is 2.69. The van der Waals surface area contributed by atoms with Gasteiger partial charge >= 0.3 is 0 Å². The van der Waals surface area contributed by atoms with Crippen LogP contribution in [0.5, 0.6) is 0 Å². The van der Waals surface area contributed by atoms with E-state index in [2.05, 4.69) is 4.98 Å². The fourth-order valence-electron chi connectivity index (χ4n) is 1.73. The van der Waals surface area contributed by atoms with E-state index in [1.807, 2.05) is 0 Å². The summed E-state index contributed by atoms with van der Waals surface area (Å²) in [6.07, 6.45) is 1.41. The second kappa shape index (κ2) is 5.04. The second-order valence-electron chi connectivity index (χ2n) is 3.95. The Morgan fingerprint density at radius 3 is 2.72 bits per heavy atom. The van der Waals surface area contributed by atoms with Crippen molar-refractivity contribution in [3.05, 3.63) is 65.0 Å². The first-order valence-electron chi connectivity index (χ1n) is 5.47. The van der Waals surface area contributed by atoms with E-state index in [1.165, 1.54) is 12.1 Å². The Kier molecular flexibility index (Phi) is 3.46. The third kappa shape index (κ3) is 2.42. The molecule has 0 spiro atoms. The maximum Gasteiger partial charge on any atom is 0.169 e. The van der Waals surface area contributed by atoms with E-state index < -0.39 is 11.6 Å². The van der Waals surface area contributed by atoms with Gasteiger partial charge in [0.25, 0.3) is 0 Å². The maximum absolute atomic E-state index is 13.4. The molecule has 0 saturated heterocycles. The van der Waals surface area contributed by atoms with Crippen molar-refractivity contribution in [1.29, 1.82) is 0 Å². The maximum atomic E-state index is 13.4. The number of pyridine rings is 1. The van der Waals surface area contributed by atoms with Crippen LogP contribution in [0.1, 0.15) is 21.6 Å². The molecule has 1 aromatic carbocycles. The predicted molar refractivity (Wildman–Crippen MR) is 63.4 cm³/mol. The van der Waals surface area contributed by atoms with Crippen LogP contribution in [-0.4, -0.2) is 10.8 Å². The largest absolute Gasteiger partial charge is 0.294 e. The summed E-state index contributed by atoms with van der Waals surface area (Å²) in [7, 11) is 0. The molecule has 0 aliphatic rings. The topological polar surface area (TPSA) is 30.0 Å². The summed E-state index contributed by atoms with van der Waals surface area (Å²) in [6, 6.07) is 7.09. The number of aromatic nitrogens is 1. The van der Waals surface area contributed by atoms with Crippen LogP contribution in [0.15, 0.2) is 36.5 Å². The summed E-state index contributed by atoms with van der Waals surface area (Å²) in [6.45, 7) is 1.70. The molecule has 18 heavy (non-hydrogen) atoms. The average Bonchev–Trinajstić information content (AvgIpc) is 2.35. The first-order chi connectivity index (χ1) is 8.59. The highest BCUT2D eigenvalue weighted by Crippen LogP contribution is 2.15. The smallest absolute Gasteiger partial charge is 0.169 e. The lowest BCUT2D eigenvalue weighted by atomic mass is 10.0. The number of Topliss-reactive ketones (excluding diaryl/α,β-unsaturated/α-hetero) is 1. The summed E-state index contributed by atoms with van der Waals surface area (Å²) < 4.78 is 26.4. The molecule has 0 radical (unpaired) electrons. The number of hydrogen-bond donors (Lipinski definition) is 0. The molecule has 0 aliphatic heterocycles. The number of nitrogens with zero attached hydrogens (tertiary/aromatic N) is 1. The van der Waals surface area contributed by atoms with Crippen LogP contribution in [0.2, 0.25) is 0 Å². The highest BCUT2D eigenvalue weighted by molar-refractivity contribution is 5.98. The summed E-state index contributed by atoms with van der Waals surface area (Å²) >= 11 is 0. The summed E-state index contributed by atoms with van der Waals surface area (Å²) in [5, 5.41) is 0. The van der Waals surface area contributed by atoms with E-state index in [4.69, 9.17) is 0 Å². The predicted octanol–water partition coefficient (Wildman–Crippen LogP) is 3.09. The summed E-state index contributed by atoms with van der Waals surface area (Å²) in [5.74, 6) is -2.18. The number of aryl methyl sites for hydroxylation is 1. The van der Waals surface area contributed by atoms with Crippen LogP contribution in [-0.2, 0) is 6.42 Å². The van der Waals surface area contributed by atoms with Crippen LogP contribution in [0.4, 0.5) is 8.78 Å². The molecule has 0 unspecified atom stereocenters. The molecule has 2 rings (SSSR count). The van der Waals surface area contributed by atoms with E-state index in [1.54, 1.807) is 25.3 Å². The van der Waals surface area contributed by atoms with Crippen LogP contribution in [0, 0.1) is 18.6 Å². The van der Waals surface area contributed by atoms with Gasteiger partial charge < -0.3 is 0 Å². The van der Waals surface area contributed by atoms with Crippen LogP contribution in [0.25, 0.3) is 0 Å². The molecule has 0 amide bonds. The number of ketones is 1. The minimum atomic E-state index is -0.965. The molecule has 1 aromatic heterocycles. The van der Waals surface area contributed by atoms with E-state index in [9.17, 15) is 13.6 Å². The number of hydrogen-bond acceptors (Lipinski definition) is 2. The number of carbonyl (C=O) groups is 1. The molecule has 2 aromatic rings. The van der Waals surface area contributed by atoms with Crippen molar-refractivity contribution in [2.45, 2.75) is 13.3 Å². The van der Waals surface area contributed by atoms with Crippen LogP contribution < -0.4 is 0 Å². The molecular weight excluding hydrogens is 236 g/mol. The lowest BCUT2D eigenvalue weighted by Gasteiger charge is -2.05. The van der Waals surface area contributed by atoms with Crippen molar-refractivity contribution in [2.24, 2.45) is 0 Å². The lowest BCUT2D eigenvalue weighted by Crippen LogP contribution is -2.08.